The lowest BCUT2D eigenvalue weighted by Crippen LogP contribution is -2.46. The van der Waals surface area contributed by atoms with Gasteiger partial charge in [-0.3, -0.25) is 4.79 Å². The number of hydrogen-bond acceptors (Lipinski definition) is 2. The summed E-state index contributed by atoms with van der Waals surface area (Å²) in [4.78, 5) is 11.7. The van der Waals surface area contributed by atoms with Gasteiger partial charge in [-0.1, -0.05) is 11.6 Å². The first-order valence-corrected chi connectivity index (χ1v) is 4.75. The second-order valence-electron chi connectivity index (χ2n) is 3.49. The van der Waals surface area contributed by atoms with Crippen LogP contribution in [0.25, 0.3) is 0 Å². The molecule has 1 aliphatic rings. The van der Waals surface area contributed by atoms with Gasteiger partial charge >= 0.3 is 0 Å². The number of benzene rings is 1. The summed E-state index contributed by atoms with van der Waals surface area (Å²) in [5, 5.41) is 2.97. The fourth-order valence-electron chi connectivity index (χ4n) is 1.61. The van der Waals surface area contributed by atoms with E-state index in [1.165, 1.54) is 18.2 Å². The molecule has 1 aliphatic heterocycles. The van der Waals surface area contributed by atoms with Gasteiger partial charge in [0.15, 0.2) is 11.3 Å². The molecule has 1 aromatic carbocycles. The molecule has 5 heteroatoms. The lowest BCUT2D eigenvalue weighted by Gasteiger charge is -2.20. The van der Waals surface area contributed by atoms with E-state index in [1.54, 1.807) is 0 Å². The third-order valence-electron chi connectivity index (χ3n) is 2.49. The van der Waals surface area contributed by atoms with Gasteiger partial charge in [0.05, 0.1) is 0 Å². The molecular weight excluding hydrogens is 224 g/mol. The summed E-state index contributed by atoms with van der Waals surface area (Å²) >= 11 is 5.71. The normalized spacial score (nSPS) is 17.4. The second kappa shape index (κ2) is 3.45. The standard InChI is InChI=1S/C10H8ClF2NO/c11-6-1-2-7-8(3-6)14-10(4-12,5-13)9(7)15/h1-3,14H,4-5H2. The molecule has 80 valence electrons. The molecule has 0 fully saturated rings. The highest BCUT2D eigenvalue weighted by Gasteiger charge is 2.45. The third-order valence-corrected chi connectivity index (χ3v) is 2.73. The van der Waals surface area contributed by atoms with Crippen LogP contribution >= 0.6 is 11.6 Å². The van der Waals surface area contributed by atoms with Crippen LogP contribution in [0.2, 0.25) is 5.02 Å². The largest absolute Gasteiger partial charge is 0.368 e. The minimum absolute atomic E-state index is 0.287. The topological polar surface area (TPSA) is 29.1 Å². The summed E-state index contributed by atoms with van der Waals surface area (Å²) in [5.41, 5.74) is -1.06. The van der Waals surface area contributed by atoms with Crippen molar-refractivity contribution in [1.29, 1.82) is 0 Å². The van der Waals surface area contributed by atoms with E-state index in [0.717, 1.165) is 0 Å². The maximum atomic E-state index is 12.7. The van der Waals surface area contributed by atoms with E-state index in [-0.39, 0.29) is 5.56 Å². The second-order valence-corrected chi connectivity index (χ2v) is 3.93. The molecule has 0 atom stereocenters. The van der Waals surface area contributed by atoms with Crippen molar-refractivity contribution in [2.24, 2.45) is 0 Å². The van der Waals surface area contributed by atoms with Crippen LogP contribution in [0.5, 0.6) is 0 Å². The summed E-state index contributed by atoms with van der Waals surface area (Å²) in [6.07, 6.45) is 0. The number of anilines is 1. The first-order chi connectivity index (χ1) is 7.13. The highest BCUT2D eigenvalue weighted by molar-refractivity contribution is 6.31. The Morgan fingerprint density at radius 2 is 2.00 bits per heavy atom. The van der Waals surface area contributed by atoms with Crippen LogP contribution in [-0.2, 0) is 0 Å². The maximum absolute atomic E-state index is 12.7. The van der Waals surface area contributed by atoms with Crippen molar-refractivity contribution in [3.63, 3.8) is 0 Å². The van der Waals surface area contributed by atoms with Crippen LogP contribution in [0.15, 0.2) is 18.2 Å². The molecule has 0 spiro atoms. The molecule has 0 aliphatic carbocycles. The summed E-state index contributed by atoms with van der Waals surface area (Å²) in [6, 6.07) is 4.48. The Labute approximate surface area is 90.2 Å². The van der Waals surface area contributed by atoms with E-state index in [4.69, 9.17) is 11.6 Å². The van der Waals surface area contributed by atoms with E-state index in [2.05, 4.69) is 5.32 Å². The van der Waals surface area contributed by atoms with E-state index in [1.807, 2.05) is 0 Å². The SMILES string of the molecule is O=C1c2ccc(Cl)cc2NC1(CF)CF. The van der Waals surface area contributed by atoms with Crippen LogP contribution in [-0.4, -0.2) is 24.7 Å². The van der Waals surface area contributed by atoms with Gasteiger partial charge in [-0.15, -0.1) is 0 Å². The molecule has 0 saturated heterocycles. The molecule has 1 N–H and O–H groups in total. The number of nitrogens with one attached hydrogen (secondary N) is 1. The zero-order chi connectivity index (χ0) is 11.1. The van der Waals surface area contributed by atoms with Crippen LogP contribution in [0.3, 0.4) is 0 Å². The van der Waals surface area contributed by atoms with Gasteiger partial charge in [-0.05, 0) is 18.2 Å². The van der Waals surface area contributed by atoms with Gasteiger partial charge in [-0.2, -0.15) is 0 Å². The average Bonchev–Trinajstić information content (AvgIpc) is 2.52. The fraction of sp³-hybridized carbons (Fsp3) is 0.300. The number of Topliss-reactive ketones (excluding diaryl/α,β-unsaturated/α-hetero) is 1. The fourth-order valence-corrected chi connectivity index (χ4v) is 1.79. The van der Waals surface area contributed by atoms with Crippen molar-refractivity contribution >= 4 is 23.1 Å². The molecule has 0 radical (unpaired) electrons. The van der Waals surface area contributed by atoms with Crippen molar-refractivity contribution in [1.82, 2.24) is 0 Å². The molecule has 2 nitrogen and oxygen atoms in total. The summed E-state index contributed by atoms with van der Waals surface area (Å²) < 4.78 is 25.4. The summed E-state index contributed by atoms with van der Waals surface area (Å²) in [6.45, 7) is -2.15. The van der Waals surface area contributed by atoms with Crippen LogP contribution in [0.4, 0.5) is 14.5 Å². The van der Waals surface area contributed by atoms with Gasteiger partial charge in [0.1, 0.15) is 13.3 Å². The number of ketones is 1. The van der Waals surface area contributed by atoms with Crippen LogP contribution in [0.1, 0.15) is 10.4 Å². The molecule has 0 amide bonds. The van der Waals surface area contributed by atoms with Crippen molar-refractivity contribution < 1.29 is 13.6 Å². The van der Waals surface area contributed by atoms with E-state index >= 15 is 0 Å². The Morgan fingerprint density at radius 3 is 2.60 bits per heavy atom. The van der Waals surface area contributed by atoms with Crippen molar-refractivity contribution in [3.05, 3.63) is 28.8 Å². The number of carbonyl (C=O) groups excluding carboxylic acids is 1. The molecule has 2 rings (SSSR count). The van der Waals surface area contributed by atoms with E-state index in [9.17, 15) is 13.6 Å². The zero-order valence-corrected chi connectivity index (χ0v) is 8.44. The van der Waals surface area contributed by atoms with Gasteiger partial charge in [0.25, 0.3) is 0 Å². The third kappa shape index (κ3) is 1.40. The molecule has 1 aromatic rings. The van der Waals surface area contributed by atoms with Crippen LogP contribution in [0, 0.1) is 0 Å². The van der Waals surface area contributed by atoms with E-state index in [0.29, 0.717) is 10.7 Å². The Kier molecular flexibility index (Phi) is 2.38. The van der Waals surface area contributed by atoms with Crippen LogP contribution < -0.4 is 5.32 Å². The lowest BCUT2D eigenvalue weighted by molar-refractivity contribution is 0.0871. The van der Waals surface area contributed by atoms with Gasteiger partial charge in [-0.25, -0.2) is 8.78 Å². The first kappa shape index (κ1) is 10.4. The Hall–Kier alpha value is -1.16. The average molecular weight is 232 g/mol. The molecule has 0 bridgehead atoms. The number of alkyl halides is 2. The lowest BCUT2D eigenvalue weighted by atomic mass is 9.97. The Balaban J connectivity index is 2.49. The predicted molar refractivity (Wildman–Crippen MR) is 54.1 cm³/mol. The van der Waals surface area contributed by atoms with Crippen molar-refractivity contribution in [2.45, 2.75) is 5.54 Å². The molecule has 0 saturated carbocycles. The minimum Gasteiger partial charge on any atom is -0.368 e. The minimum atomic E-state index is -1.74. The quantitative estimate of drug-likeness (QED) is 0.848. The Morgan fingerprint density at radius 1 is 1.33 bits per heavy atom. The zero-order valence-electron chi connectivity index (χ0n) is 7.69. The number of rotatable bonds is 2. The summed E-state index contributed by atoms with van der Waals surface area (Å²) in [5.74, 6) is -0.556. The Bertz CT molecular complexity index is 418. The highest BCUT2D eigenvalue weighted by Crippen LogP contribution is 2.34. The van der Waals surface area contributed by atoms with Crippen molar-refractivity contribution in [3.8, 4) is 0 Å². The summed E-state index contributed by atoms with van der Waals surface area (Å²) in [7, 11) is 0. The molecule has 0 aromatic heterocycles. The smallest absolute Gasteiger partial charge is 0.195 e. The number of carbonyl (C=O) groups is 1. The van der Waals surface area contributed by atoms with E-state index < -0.39 is 24.7 Å². The van der Waals surface area contributed by atoms with Gasteiger partial charge < -0.3 is 5.32 Å². The van der Waals surface area contributed by atoms with Gasteiger partial charge in [0.2, 0.25) is 0 Å². The molecule has 1 heterocycles. The molecular formula is C10H8ClF2NO. The highest BCUT2D eigenvalue weighted by atomic mass is 35.5. The first-order valence-electron chi connectivity index (χ1n) is 4.37. The molecule has 15 heavy (non-hydrogen) atoms. The predicted octanol–water partition coefficient (Wildman–Crippen LogP) is 2.63. The number of hydrogen-bond donors (Lipinski definition) is 1. The van der Waals surface area contributed by atoms with Gasteiger partial charge in [0, 0.05) is 16.3 Å². The number of halogens is 3. The van der Waals surface area contributed by atoms with Crippen molar-refractivity contribution in [2.75, 3.05) is 18.7 Å². The number of fused-ring (bicyclic) bond motifs is 1. The molecule has 0 unspecified atom stereocenters. The monoisotopic (exact) mass is 231 g/mol. The maximum Gasteiger partial charge on any atom is 0.195 e.